The average molecular weight is 171 g/mol. The van der Waals surface area contributed by atoms with E-state index in [4.69, 9.17) is 5.73 Å². The fraction of sp³-hybridized carbons (Fsp3) is 0.571. The lowest BCUT2D eigenvalue weighted by atomic mass is 10.4. The first-order valence-corrected chi connectivity index (χ1v) is 4.31. The molecule has 0 aromatic heterocycles. The Balaban J connectivity index is 2.34. The van der Waals surface area contributed by atoms with Crippen LogP contribution in [-0.2, 0) is 0 Å². The fourth-order valence-electron chi connectivity index (χ4n) is 0.745. The van der Waals surface area contributed by atoms with E-state index in [1.807, 2.05) is 14.1 Å². The first kappa shape index (κ1) is 8.62. The quantitative estimate of drug-likeness (QED) is 0.657. The number of nitrogens with two attached hydrogens (primary N) is 1. The standard InChI is InChI=1S/C7H13N3S/c1-10(2)4-3-6-5-9-7(8)11-6/h3H,4-5H2,1-2H3,(H2,8,9)/b6-3+. The maximum absolute atomic E-state index is 5.49. The SMILES string of the molecule is CN(C)C/C=C1\CN=C(N)S1. The highest BCUT2D eigenvalue weighted by Gasteiger charge is 2.07. The molecule has 0 aliphatic carbocycles. The second kappa shape index (κ2) is 3.78. The van der Waals surface area contributed by atoms with Crippen LogP contribution in [0, 0.1) is 0 Å². The second-order valence-electron chi connectivity index (χ2n) is 2.69. The molecule has 0 saturated heterocycles. The minimum Gasteiger partial charge on any atom is -0.378 e. The van der Waals surface area contributed by atoms with Gasteiger partial charge in [-0.15, -0.1) is 0 Å². The number of aliphatic imine (C=N–C) groups is 1. The van der Waals surface area contributed by atoms with Crippen LogP contribution in [-0.4, -0.2) is 37.3 Å². The molecule has 3 nitrogen and oxygen atoms in total. The summed E-state index contributed by atoms with van der Waals surface area (Å²) in [5, 5.41) is 0.690. The summed E-state index contributed by atoms with van der Waals surface area (Å²) in [6.07, 6.45) is 2.16. The van der Waals surface area contributed by atoms with Crippen molar-refractivity contribution in [2.75, 3.05) is 27.2 Å². The second-order valence-corrected chi connectivity index (χ2v) is 3.84. The summed E-state index contributed by atoms with van der Waals surface area (Å²) in [5.41, 5.74) is 5.49. The van der Waals surface area contributed by atoms with Gasteiger partial charge in [0, 0.05) is 11.4 Å². The summed E-state index contributed by atoms with van der Waals surface area (Å²) in [6.45, 7) is 1.73. The molecule has 1 aliphatic heterocycles. The van der Waals surface area contributed by atoms with Crippen molar-refractivity contribution in [1.29, 1.82) is 0 Å². The molecule has 0 fully saturated rings. The number of rotatable bonds is 2. The van der Waals surface area contributed by atoms with Crippen LogP contribution in [0.25, 0.3) is 0 Å². The van der Waals surface area contributed by atoms with Gasteiger partial charge in [-0.25, -0.2) is 0 Å². The van der Waals surface area contributed by atoms with Crippen LogP contribution in [0.3, 0.4) is 0 Å². The molecule has 0 aromatic rings. The highest BCUT2D eigenvalue weighted by atomic mass is 32.2. The van der Waals surface area contributed by atoms with Crippen molar-refractivity contribution in [3.05, 3.63) is 11.0 Å². The van der Waals surface area contributed by atoms with E-state index >= 15 is 0 Å². The van der Waals surface area contributed by atoms with E-state index in [0.29, 0.717) is 5.17 Å². The topological polar surface area (TPSA) is 41.6 Å². The fourth-order valence-corrected chi connectivity index (χ4v) is 1.43. The van der Waals surface area contributed by atoms with Crippen LogP contribution in [0.1, 0.15) is 0 Å². The van der Waals surface area contributed by atoms with Gasteiger partial charge in [-0.2, -0.15) is 0 Å². The van der Waals surface area contributed by atoms with E-state index in [9.17, 15) is 0 Å². The molecule has 0 spiro atoms. The van der Waals surface area contributed by atoms with Gasteiger partial charge in [-0.1, -0.05) is 17.8 Å². The van der Waals surface area contributed by atoms with E-state index < -0.39 is 0 Å². The Labute approximate surface area is 71.4 Å². The number of amidine groups is 1. The summed E-state index contributed by atoms with van der Waals surface area (Å²) in [6, 6.07) is 0. The monoisotopic (exact) mass is 171 g/mol. The largest absolute Gasteiger partial charge is 0.378 e. The molecule has 0 bridgehead atoms. The Kier molecular flexibility index (Phi) is 2.96. The van der Waals surface area contributed by atoms with Crippen LogP contribution >= 0.6 is 11.8 Å². The molecular weight excluding hydrogens is 158 g/mol. The number of hydrogen-bond acceptors (Lipinski definition) is 4. The third-order valence-corrected chi connectivity index (χ3v) is 2.21. The van der Waals surface area contributed by atoms with E-state index in [2.05, 4.69) is 16.0 Å². The normalized spacial score (nSPS) is 21.4. The minimum atomic E-state index is 0.690. The Morgan fingerprint density at radius 2 is 2.45 bits per heavy atom. The van der Waals surface area contributed by atoms with Crippen LogP contribution in [0.2, 0.25) is 0 Å². The number of nitrogens with zero attached hydrogens (tertiary/aromatic N) is 2. The van der Waals surface area contributed by atoms with Gasteiger partial charge in [0.2, 0.25) is 0 Å². The molecule has 0 radical (unpaired) electrons. The Bertz CT molecular complexity index is 196. The van der Waals surface area contributed by atoms with Crippen LogP contribution in [0.4, 0.5) is 0 Å². The zero-order valence-corrected chi connectivity index (χ0v) is 7.69. The molecule has 4 heteroatoms. The third kappa shape index (κ3) is 2.95. The van der Waals surface area contributed by atoms with Gasteiger partial charge in [0.05, 0.1) is 6.54 Å². The molecule has 2 N–H and O–H groups in total. The van der Waals surface area contributed by atoms with E-state index in [-0.39, 0.29) is 0 Å². The molecule has 11 heavy (non-hydrogen) atoms. The lowest BCUT2D eigenvalue weighted by molar-refractivity contribution is 0.456. The van der Waals surface area contributed by atoms with Gasteiger partial charge < -0.3 is 10.6 Å². The van der Waals surface area contributed by atoms with Gasteiger partial charge in [0.25, 0.3) is 0 Å². The summed E-state index contributed by atoms with van der Waals surface area (Å²) in [4.78, 5) is 7.44. The Hall–Kier alpha value is -0.480. The van der Waals surface area contributed by atoms with Gasteiger partial charge in [-0.3, -0.25) is 4.99 Å². The molecule has 0 amide bonds. The summed E-state index contributed by atoms with van der Waals surface area (Å²) < 4.78 is 0. The predicted molar refractivity (Wildman–Crippen MR) is 50.7 cm³/mol. The third-order valence-electron chi connectivity index (χ3n) is 1.31. The molecule has 0 saturated carbocycles. The molecule has 0 atom stereocenters. The number of likely N-dealkylation sites (N-methyl/N-ethyl adjacent to an activating group) is 1. The van der Waals surface area contributed by atoms with Crippen molar-refractivity contribution in [3.8, 4) is 0 Å². The van der Waals surface area contributed by atoms with Crippen molar-refractivity contribution in [3.63, 3.8) is 0 Å². The summed E-state index contributed by atoms with van der Waals surface area (Å²) >= 11 is 1.57. The van der Waals surface area contributed by atoms with E-state index in [1.165, 1.54) is 4.91 Å². The first-order valence-electron chi connectivity index (χ1n) is 3.50. The van der Waals surface area contributed by atoms with Crippen molar-refractivity contribution in [2.45, 2.75) is 0 Å². The highest BCUT2D eigenvalue weighted by Crippen LogP contribution is 2.21. The van der Waals surface area contributed by atoms with Gasteiger partial charge in [-0.05, 0) is 14.1 Å². The smallest absolute Gasteiger partial charge is 0.158 e. The zero-order chi connectivity index (χ0) is 8.27. The lowest BCUT2D eigenvalue weighted by Crippen LogP contribution is -2.11. The molecule has 1 heterocycles. The van der Waals surface area contributed by atoms with Gasteiger partial charge in [0.15, 0.2) is 5.17 Å². The van der Waals surface area contributed by atoms with Crippen molar-refractivity contribution < 1.29 is 0 Å². The number of thioether (sulfide) groups is 1. The number of hydrogen-bond donors (Lipinski definition) is 1. The molecular formula is C7H13N3S. The molecule has 1 aliphatic rings. The molecule has 1 rings (SSSR count). The molecule has 62 valence electrons. The predicted octanol–water partition coefficient (Wildman–Crippen LogP) is 0.493. The summed E-state index contributed by atoms with van der Waals surface area (Å²) in [7, 11) is 4.09. The lowest BCUT2D eigenvalue weighted by Gasteiger charge is -2.04. The van der Waals surface area contributed by atoms with Crippen molar-refractivity contribution in [2.24, 2.45) is 10.7 Å². The van der Waals surface area contributed by atoms with E-state index in [1.54, 1.807) is 11.8 Å². The Morgan fingerprint density at radius 3 is 2.91 bits per heavy atom. The van der Waals surface area contributed by atoms with Gasteiger partial charge >= 0.3 is 0 Å². The highest BCUT2D eigenvalue weighted by molar-refractivity contribution is 8.17. The average Bonchev–Trinajstić information content (AvgIpc) is 2.31. The molecule has 0 unspecified atom stereocenters. The van der Waals surface area contributed by atoms with E-state index in [0.717, 1.165) is 13.1 Å². The van der Waals surface area contributed by atoms with Crippen molar-refractivity contribution >= 4 is 16.9 Å². The van der Waals surface area contributed by atoms with Crippen molar-refractivity contribution in [1.82, 2.24) is 4.90 Å². The maximum Gasteiger partial charge on any atom is 0.158 e. The van der Waals surface area contributed by atoms with Crippen LogP contribution < -0.4 is 5.73 Å². The summed E-state index contributed by atoms with van der Waals surface area (Å²) in [5.74, 6) is 0. The van der Waals surface area contributed by atoms with Gasteiger partial charge in [0.1, 0.15) is 0 Å². The Morgan fingerprint density at radius 1 is 1.73 bits per heavy atom. The maximum atomic E-state index is 5.49. The van der Waals surface area contributed by atoms with Crippen LogP contribution in [0.15, 0.2) is 16.0 Å². The first-order chi connectivity index (χ1) is 5.18. The zero-order valence-electron chi connectivity index (χ0n) is 6.87. The van der Waals surface area contributed by atoms with Crippen LogP contribution in [0.5, 0.6) is 0 Å². The minimum absolute atomic E-state index is 0.690. The molecule has 0 aromatic carbocycles.